The van der Waals surface area contributed by atoms with Crippen LogP contribution in [0, 0.1) is 11.8 Å². The van der Waals surface area contributed by atoms with Gasteiger partial charge >= 0.3 is 0 Å². The van der Waals surface area contributed by atoms with Crippen molar-refractivity contribution in [1.29, 1.82) is 0 Å². The molecular weight excluding hydrogens is 542 g/mol. The number of benzene rings is 3. The maximum absolute atomic E-state index is 13.1. The molecule has 2 fully saturated rings. The van der Waals surface area contributed by atoms with Gasteiger partial charge in [-0.3, -0.25) is 19.2 Å². The molecular formula is C35H43N3O3S. The molecule has 2 N–H and O–H groups in total. The molecule has 5 rings (SSSR count). The summed E-state index contributed by atoms with van der Waals surface area (Å²) in [5.41, 5.74) is 1.86. The van der Waals surface area contributed by atoms with Gasteiger partial charge in [-0.15, -0.1) is 0 Å². The Morgan fingerprint density at radius 2 is 1.40 bits per heavy atom. The molecule has 0 bridgehead atoms. The van der Waals surface area contributed by atoms with Gasteiger partial charge in [-0.1, -0.05) is 67.8 Å². The van der Waals surface area contributed by atoms with Gasteiger partial charge in [0.15, 0.2) is 0 Å². The number of piperidine rings is 1. The summed E-state index contributed by atoms with van der Waals surface area (Å²) >= 11 is 1.62. The van der Waals surface area contributed by atoms with Crippen molar-refractivity contribution in [2.75, 3.05) is 13.1 Å². The first-order valence-corrected chi connectivity index (χ1v) is 16.3. The number of carbonyl (C=O) groups excluding carboxylic acids is 2. The van der Waals surface area contributed by atoms with Crippen LogP contribution in [0.2, 0.25) is 0 Å². The van der Waals surface area contributed by atoms with Crippen LogP contribution in [0.4, 0.5) is 0 Å². The van der Waals surface area contributed by atoms with Gasteiger partial charge < -0.3 is 10.1 Å². The summed E-state index contributed by atoms with van der Waals surface area (Å²) in [4.78, 5) is 28.6. The zero-order valence-corrected chi connectivity index (χ0v) is 25.4. The van der Waals surface area contributed by atoms with Gasteiger partial charge in [0.2, 0.25) is 0 Å². The topological polar surface area (TPSA) is 70.7 Å². The van der Waals surface area contributed by atoms with Crippen molar-refractivity contribution in [1.82, 2.24) is 14.9 Å². The summed E-state index contributed by atoms with van der Waals surface area (Å²) in [7, 11) is 0. The Hall–Kier alpha value is -3.29. The zero-order valence-electron chi connectivity index (χ0n) is 24.5. The number of amides is 2. The largest absolute Gasteiger partial charge is 0.457 e. The second-order valence-electron chi connectivity index (χ2n) is 11.7. The predicted molar refractivity (Wildman–Crippen MR) is 170 cm³/mol. The van der Waals surface area contributed by atoms with Crippen molar-refractivity contribution < 1.29 is 14.3 Å². The first kappa shape index (κ1) is 30.2. The third kappa shape index (κ3) is 8.62. The Balaban J connectivity index is 1.11. The Kier molecular flexibility index (Phi) is 11.0. The number of rotatable bonds is 11. The lowest BCUT2D eigenvalue weighted by Gasteiger charge is -2.40. The summed E-state index contributed by atoms with van der Waals surface area (Å²) in [6.45, 7) is 4.95. The lowest BCUT2D eigenvalue weighted by atomic mass is 9.79. The molecule has 42 heavy (non-hydrogen) atoms. The highest BCUT2D eigenvalue weighted by molar-refractivity contribution is 7.98. The van der Waals surface area contributed by atoms with Crippen LogP contribution >= 0.6 is 11.9 Å². The molecule has 0 spiro atoms. The third-order valence-electron chi connectivity index (χ3n) is 8.59. The van der Waals surface area contributed by atoms with Gasteiger partial charge in [0.25, 0.3) is 11.8 Å². The van der Waals surface area contributed by atoms with Crippen molar-refractivity contribution in [2.45, 2.75) is 69.7 Å². The van der Waals surface area contributed by atoms with Gasteiger partial charge in [0.05, 0.1) is 0 Å². The second kappa shape index (κ2) is 15.3. The van der Waals surface area contributed by atoms with Gasteiger partial charge in [-0.25, -0.2) is 0 Å². The quantitative estimate of drug-likeness (QED) is 0.233. The summed E-state index contributed by atoms with van der Waals surface area (Å²) in [6.07, 6.45) is 8.69. The van der Waals surface area contributed by atoms with Crippen LogP contribution in [-0.2, 0) is 11.3 Å². The molecule has 1 unspecified atom stereocenters. The molecule has 2 atom stereocenters. The van der Waals surface area contributed by atoms with Crippen LogP contribution in [0.25, 0.3) is 0 Å². The van der Waals surface area contributed by atoms with E-state index in [2.05, 4.69) is 45.3 Å². The molecule has 0 aromatic heterocycles. The van der Waals surface area contributed by atoms with Crippen molar-refractivity contribution >= 4 is 23.8 Å². The Bertz CT molecular complexity index is 1260. The fourth-order valence-corrected chi connectivity index (χ4v) is 7.54. The smallest absolute Gasteiger partial charge is 0.252 e. The van der Waals surface area contributed by atoms with Gasteiger partial charge in [-0.05, 0) is 111 Å². The molecule has 1 aliphatic carbocycles. The molecule has 3 aromatic rings. The van der Waals surface area contributed by atoms with E-state index in [1.807, 2.05) is 30.3 Å². The lowest BCUT2D eigenvalue weighted by molar-refractivity contribution is -0.120. The number of likely N-dealkylation sites (tertiary alicyclic amines) is 1. The number of para-hydroxylation sites is 1. The lowest BCUT2D eigenvalue weighted by Crippen LogP contribution is -2.45. The van der Waals surface area contributed by atoms with Crippen LogP contribution in [0.5, 0.6) is 11.5 Å². The fourth-order valence-electron chi connectivity index (χ4n) is 6.18. The van der Waals surface area contributed by atoms with Crippen molar-refractivity contribution in [3.05, 3.63) is 96.1 Å². The van der Waals surface area contributed by atoms with E-state index in [4.69, 9.17) is 4.74 Å². The van der Waals surface area contributed by atoms with Crippen molar-refractivity contribution in [3.63, 3.8) is 0 Å². The molecule has 2 amide bonds. The van der Waals surface area contributed by atoms with Crippen molar-refractivity contribution in [3.8, 4) is 11.5 Å². The van der Waals surface area contributed by atoms with Crippen LogP contribution < -0.4 is 14.8 Å². The van der Waals surface area contributed by atoms with E-state index in [1.165, 1.54) is 37.7 Å². The van der Waals surface area contributed by atoms with Crippen LogP contribution in [0.1, 0.15) is 67.8 Å². The van der Waals surface area contributed by atoms with Crippen LogP contribution in [0.15, 0.2) is 84.9 Å². The Morgan fingerprint density at radius 1 is 0.810 bits per heavy atom. The number of hydrogen-bond donors (Lipinski definition) is 2. The highest BCUT2D eigenvalue weighted by Crippen LogP contribution is 2.39. The molecule has 1 saturated heterocycles. The number of nitrogens with one attached hydrogen (secondary N) is 2. The summed E-state index contributed by atoms with van der Waals surface area (Å²) in [6, 6.07) is 26.6. The van der Waals surface area contributed by atoms with E-state index >= 15 is 0 Å². The highest BCUT2D eigenvalue weighted by Gasteiger charge is 2.34. The number of hydrogen-bond acceptors (Lipinski definition) is 5. The first-order valence-electron chi connectivity index (χ1n) is 15.4. The maximum atomic E-state index is 13.1. The minimum absolute atomic E-state index is 0.153. The summed E-state index contributed by atoms with van der Waals surface area (Å²) < 4.78 is 8.97. The van der Waals surface area contributed by atoms with Gasteiger partial charge in [0, 0.05) is 17.4 Å². The molecule has 2 aliphatic rings. The van der Waals surface area contributed by atoms with E-state index in [9.17, 15) is 9.59 Å². The Morgan fingerprint density at radius 3 is 2.07 bits per heavy atom. The number of ether oxygens (including phenoxy) is 1. The standard InChI is InChI=1S/C35H43N3O3S/c1-26(36-35(40)30-17-19-32(20-18-30)41-31-15-9-4-10-16-31)34(39)37-42-33(28-13-7-3-8-14-28)29-21-23-38(24-22-29)25-27-11-5-2-6-12-27/h2,4-6,9-12,15-20,26,28-29,33H,3,7-8,13-14,21-25H2,1H3,(H,36,40)(H,37,39)/t26-,33?/m1/s1. The maximum Gasteiger partial charge on any atom is 0.252 e. The molecule has 6 nitrogen and oxygen atoms in total. The summed E-state index contributed by atoms with van der Waals surface area (Å²) in [5, 5.41) is 3.28. The highest BCUT2D eigenvalue weighted by atomic mass is 32.2. The number of nitrogens with zero attached hydrogens (tertiary/aromatic N) is 1. The molecule has 3 aromatic carbocycles. The van der Waals surface area contributed by atoms with E-state index in [1.54, 1.807) is 43.1 Å². The monoisotopic (exact) mass is 585 g/mol. The minimum Gasteiger partial charge on any atom is -0.457 e. The average Bonchev–Trinajstić information content (AvgIpc) is 3.03. The SMILES string of the molecule is C[C@@H](NC(=O)c1ccc(Oc2ccccc2)cc1)C(=O)NSC(C1CCCCC1)C1CCN(Cc2ccccc2)CC1. The van der Waals surface area contributed by atoms with E-state index < -0.39 is 6.04 Å². The predicted octanol–water partition coefficient (Wildman–Crippen LogP) is 7.22. The molecule has 0 radical (unpaired) electrons. The fraction of sp³-hybridized carbons (Fsp3) is 0.429. The first-order chi connectivity index (χ1) is 20.5. The van der Waals surface area contributed by atoms with Gasteiger partial charge in [0.1, 0.15) is 17.5 Å². The van der Waals surface area contributed by atoms with Crippen molar-refractivity contribution in [2.24, 2.45) is 11.8 Å². The molecule has 1 saturated carbocycles. The minimum atomic E-state index is -0.634. The third-order valence-corrected chi connectivity index (χ3v) is 9.95. The average molecular weight is 586 g/mol. The normalized spacial score (nSPS) is 18.1. The number of carbonyl (C=O) groups is 2. The van der Waals surface area contributed by atoms with Crippen LogP contribution in [-0.4, -0.2) is 41.1 Å². The summed E-state index contributed by atoms with van der Waals surface area (Å²) in [5.74, 6) is 2.19. The van der Waals surface area contributed by atoms with Gasteiger partial charge in [-0.2, -0.15) is 0 Å². The molecule has 1 heterocycles. The van der Waals surface area contributed by atoms with E-state index in [-0.39, 0.29) is 11.8 Å². The molecule has 1 aliphatic heterocycles. The van der Waals surface area contributed by atoms with E-state index in [0.29, 0.717) is 28.4 Å². The molecule has 222 valence electrons. The zero-order chi connectivity index (χ0) is 29.1. The Labute approximate surface area is 254 Å². The van der Waals surface area contributed by atoms with E-state index in [0.717, 1.165) is 38.2 Å². The van der Waals surface area contributed by atoms with Crippen LogP contribution in [0.3, 0.4) is 0 Å². The molecule has 7 heteroatoms. The second-order valence-corrected chi connectivity index (χ2v) is 12.7.